The molecule has 2 fully saturated rings. The standard InChI is InChI=1S/C27H32N6O2/c28-27(21-9-6-18-32(19-21)22-11-13-23(14-12-22)33(34)35)16-5-4-10-25(27)31-26-29-17-15-24(30-26)20-7-2-1-3-8-20/h1-3,7-8,11-15,17,21,25H,4-6,9-10,16,18-19,28H2,(H,29,30,31)/t21-,25?,27?/m0/s1. The Morgan fingerprint density at radius 1 is 1.03 bits per heavy atom. The number of non-ortho nitro benzene ring substituents is 1. The van der Waals surface area contributed by atoms with Crippen molar-refractivity contribution in [1.82, 2.24) is 9.97 Å². The van der Waals surface area contributed by atoms with E-state index in [0.717, 1.165) is 68.6 Å². The summed E-state index contributed by atoms with van der Waals surface area (Å²) in [6.45, 7) is 1.78. The van der Waals surface area contributed by atoms with Gasteiger partial charge in [0.2, 0.25) is 5.95 Å². The first kappa shape index (κ1) is 23.2. The molecular formula is C27H32N6O2. The van der Waals surface area contributed by atoms with E-state index >= 15 is 0 Å². The summed E-state index contributed by atoms with van der Waals surface area (Å²) in [6, 6.07) is 19.0. The Bertz CT molecular complexity index is 1160. The van der Waals surface area contributed by atoms with Crippen LogP contribution in [0.2, 0.25) is 0 Å². The molecule has 182 valence electrons. The van der Waals surface area contributed by atoms with Gasteiger partial charge in [0.25, 0.3) is 5.69 Å². The lowest BCUT2D eigenvalue weighted by Crippen LogP contribution is -2.64. The number of nitrogens with zero attached hydrogens (tertiary/aromatic N) is 4. The molecule has 8 nitrogen and oxygen atoms in total. The van der Waals surface area contributed by atoms with E-state index in [4.69, 9.17) is 10.7 Å². The molecular weight excluding hydrogens is 440 g/mol. The highest BCUT2D eigenvalue weighted by molar-refractivity contribution is 5.59. The Kier molecular flexibility index (Phi) is 6.63. The van der Waals surface area contributed by atoms with Crippen LogP contribution in [0.3, 0.4) is 0 Å². The van der Waals surface area contributed by atoms with Crippen LogP contribution < -0.4 is 16.0 Å². The van der Waals surface area contributed by atoms with Crippen LogP contribution in [-0.4, -0.2) is 39.6 Å². The quantitative estimate of drug-likeness (QED) is 0.383. The van der Waals surface area contributed by atoms with Crippen LogP contribution in [0.1, 0.15) is 38.5 Å². The van der Waals surface area contributed by atoms with Gasteiger partial charge in [0.05, 0.1) is 10.6 Å². The highest BCUT2D eigenvalue weighted by atomic mass is 16.6. The van der Waals surface area contributed by atoms with Crippen molar-refractivity contribution in [3.8, 4) is 11.3 Å². The molecule has 3 N–H and O–H groups in total. The van der Waals surface area contributed by atoms with E-state index in [1.54, 1.807) is 18.3 Å². The van der Waals surface area contributed by atoms with Crippen molar-refractivity contribution in [2.24, 2.45) is 11.7 Å². The van der Waals surface area contributed by atoms with Gasteiger partial charge < -0.3 is 16.0 Å². The number of benzene rings is 2. The maximum Gasteiger partial charge on any atom is 0.269 e. The molecule has 1 aliphatic carbocycles. The van der Waals surface area contributed by atoms with Crippen molar-refractivity contribution in [2.45, 2.75) is 50.1 Å². The molecule has 35 heavy (non-hydrogen) atoms. The molecule has 0 amide bonds. The van der Waals surface area contributed by atoms with E-state index in [9.17, 15) is 10.1 Å². The van der Waals surface area contributed by atoms with Gasteiger partial charge in [-0.15, -0.1) is 0 Å². The molecule has 3 aromatic rings. The fraction of sp³-hybridized carbons (Fsp3) is 0.407. The SMILES string of the molecule is NC1([C@H]2CCCN(c3ccc([N+](=O)[O-])cc3)C2)CCCCC1Nc1nccc(-c2ccccc2)n1. The molecule has 1 aromatic heterocycles. The van der Waals surface area contributed by atoms with Crippen molar-refractivity contribution < 1.29 is 4.92 Å². The second-order valence-electron chi connectivity index (χ2n) is 9.75. The smallest absolute Gasteiger partial charge is 0.269 e. The fourth-order valence-corrected chi connectivity index (χ4v) is 5.71. The Balaban J connectivity index is 1.34. The molecule has 2 aromatic carbocycles. The molecule has 3 atom stereocenters. The highest BCUT2D eigenvalue weighted by Crippen LogP contribution is 2.39. The van der Waals surface area contributed by atoms with Crippen LogP contribution in [0.4, 0.5) is 17.3 Å². The highest BCUT2D eigenvalue weighted by Gasteiger charge is 2.45. The van der Waals surface area contributed by atoms with Gasteiger partial charge in [-0.25, -0.2) is 9.97 Å². The predicted octanol–water partition coefficient (Wildman–Crippen LogP) is 5.02. The summed E-state index contributed by atoms with van der Waals surface area (Å²) < 4.78 is 0. The summed E-state index contributed by atoms with van der Waals surface area (Å²) in [4.78, 5) is 22.3. The van der Waals surface area contributed by atoms with Crippen LogP contribution in [0.5, 0.6) is 0 Å². The van der Waals surface area contributed by atoms with Crippen molar-refractivity contribution in [3.05, 3.63) is 77.0 Å². The summed E-state index contributed by atoms with van der Waals surface area (Å²) in [5.41, 5.74) is 9.96. The van der Waals surface area contributed by atoms with Crippen LogP contribution in [0, 0.1) is 16.0 Å². The normalized spacial score (nSPS) is 24.7. The van der Waals surface area contributed by atoms with Crippen molar-refractivity contribution in [1.29, 1.82) is 0 Å². The lowest BCUT2D eigenvalue weighted by Gasteiger charge is -2.50. The van der Waals surface area contributed by atoms with Gasteiger partial charge in [-0.1, -0.05) is 43.2 Å². The van der Waals surface area contributed by atoms with E-state index < -0.39 is 0 Å². The number of rotatable bonds is 6. The number of nitrogens with two attached hydrogens (primary N) is 1. The van der Waals surface area contributed by atoms with Crippen molar-refractivity contribution in [3.63, 3.8) is 0 Å². The maximum atomic E-state index is 11.0. The first-order valence-electron chi connectivity index (χ1n) is 12.5. The number of aromatic nitrogens is 2. The maximum absolute atomic E-state index is 11.0. The van der Waals surface area contributed by atoms with Crippen LogP contribution in [-0.2, 0) is 0 Å². The molecule has 2 heterocycles. The van der Waals surface area contributed by atoms with Crippen LogP contribution in [0.15, 0.2) is 66.9 Å². The van der Waals surface area contributed by atoms with E-state index in [2.05, 4.69) is 27.3 Å². The molecule has 0 spiro atoms. The van der Waals surface area contributed by atoms with E-state index in [1.807, 2.05) is 36.4 Å². The van der Waals surface area contributed by atoms with Gasteiger partial charge in [0.1, 0.15) is 0 Å². The van der Waals surface area contributed by atoms with E-state index in [0.29, 0.717) is 11.9 Å². The van der Waals surface area contributed by atoms with Crippen LogP contribution >= 0.6 is 0 Å². The number of nitro groups is 1. The van der Waals surface area contributed by atoms with Gasteiger partial charge in [0, 0.05) is 54.3 Å². The Morgan fingerprint density at radius 2 is 1.83 bits per heavy atom. The zero-order chi connectivity index (χ0) is 24.3. The minimum atomic E-state index is -0.371. The van der Waals surface area contributed by atoms with Crippen LogP contribution in [0.25, 0.3) is 11.3 Å². The lowest BCUT2D eigenvalue weighted by molar-refractivity contribution is -0.384. The van der Waals surface area contributed by atoms with Gasteiger partial charge in [-0.05, 0) is 49.8 Å². The monoisotopic (exact) mass is 472 g/mol. The van der Waals surface area contributed by atoms with E-state index in [1.165, 1.54) is 0 Å². The molecule has 2 unspecified atom stereocenters. The molecule has 1 saturated heterocycles. The van der Waals surface area contributed by atoms with Gasteiger partial charge >= 0.3 is 0 Å². The average Bonchev–Trinajstić information content (AvgIpc) is 2.91. The zero-order valence-electron chi connectivity index (χ0n) is 19.8. The second-order valence-corrected chi connectivity index (χ2v) is 9.75. The summed E-state index contributed by atoms with van der Waals surface area (Å²) in [5, 5.41) is 14.6. The van der Waals surface area contributed by atoms with Gasteiger partial charge in [-0.2, -0.15) is 0 Å². The molecule has 1 aliphatic heterocycles. The summed E-state index contributed by atoms with van der Waals surface area (Å²) in [6.07, 6.45) is 8.12. The molecule has 0 bridgehead atoms. The minimum Gasteiger partial charge on any atom is -0.371 e. The zero-order valence-corrected chi connectivity index (χ0v) is 19.8. The number of hydrogen-bond acceptors (Lipinski definition) is 7. The first-order valence-corrected chi connectivity index (χ1v) is 12.5. The topological polar surface area (TPSA) is 110 Å². The number of nitro benzene ring substituents is 1. The molecule has 1 saturated carbocycles. The third kappa shape index (κ3) is 4.98. The lowest BCUT2D eigenvalue weighted by atomic mass is 9.67. The second kappa shape index (κ2) is 10.00. The molecule has 2 aliphatic rings. The van der Waals surface area contributed by atoms with Gasteiger partial charge in [0.15, 0.2) is 0 Å². The predicted molar refractivity (Wildman–Crippen MR) is 138 cm³/mol. The largest absolute Gasteiger partial charge is 0.371 e. The Labute approximate surface area is 205 Å². The molecule has 8 heteroatoms. The third-order valence-corrected chi connectivity index (χ3v) is 7.64. The molecule has 5 rings (SSSR count). The first-order chi connectivity index (χ1) is 17.0. The summed E-state index contributed by atoms with van der Waals surface area (Å²) >= 11 is 0. The number of hydrogen-bond donors (Lipinski definition) is 2. The van der Waals surface area contributed by atoms with E-state index in [-0.39, 0.29) is 22.2 Å². The Hall–Kier alpha value is -3.52. The minimum absolute atomic E-state index is 0.0871. The number of nitrogens with one attached hydrogen (secondary N) is 1. The number of anilines is 2. The summed E-state index contributed by atoms with van der Waals surface area (Å²) in [7, 11) is 0. The number of piperidine rings is 1. The molecule has 0 radical (unpaired) electrons. The van der Waals surface area contributed by atoms with Gasteiger partial charge in [-0.3, -0.25) is 10.1 Å². The summed E-state index contributed by atoms with van der Waals surface area (Å²) in [5.74, 6) is 0.928. The van der Waals surface area contributed by atoms with Crippen molar-refractivity contribution in [2.75, 3.05) is 23.3 Å². The third-order valence-electron chi connectivity index (χ3n) is 7.64. The average molecular weight is 473 g/mol. The Morgan fingerprint density at radius 3 is 2.60 bits per heavy atom. The fourth-order valence-electron chi connectivity index (χ4n) is 5.71. The van der Waals surface area contributed by atoms with Crippen molar-refractivity contribution >= 4 is 17.3 Å².